The molecule has 3 aromatic rings. The number of nitrogens with zero attached hydrogens (tertiary/aromatic N) is 4. The van der Waals surface area contributed by atoms with Crippen molar-refractivity contribution in [3.8, 4) is 6.07 Å². The van der Waals surface area contributed by atoms with E-state index in [-0.39, 0.29) is 12.8 Å². The summed E-state index contributed by atoms with van der Waals surface area (Å²) in [5, 5.41) is 22.8. The Morgan fingerprint density at radius 2 is 1.87 bits per heavy atom. The number of halogens is 2. The van der Waals surface area contributed by atoms with E-state index < -0.39 is 12.1 Å². The van der Waals surface area contributed by atoms with Gasteiger partial charge in [0.15, 0.2) is 5.82 Å². The van der Waals surface area contributed by atoms with Crippen molar-refractivity contribution in [1.29, 1.82) is 5.26 Å². The van der Waals surface area contributed by atoms with Crippen LogP contribution in [0.2, 0.25) is 0 Å². The lowest BCUT2D eigenvalue weighted by molar-refractivity contribution is -0.0220. The van der Waals surface area contributed by atoms with Gasteiger partial charge >= 0.3 is 0 Å². The van der Waals surface area contributed by atoms with Gasteiger partial charge < -0.3 is 16.0 Å². The summed E-state index contributed by atoms with van der Waals surface area (Å²) in [7, 11) is 0. The standard InChI is InChI=1S/C23H24F2N6/c1-14-16(13-26)4-3-5-18(14)21(27)28-22-20-12-17(6-7-19(20)15(2)29-30-22)31-10-8-23(24,25)9-11-31/h3-7,12,21H,8-11,27H2,1-2H3,(H,28,30)/t21-/m0/s1. The monoisotopic (exact) mass is 422 g/mol. The highest BCUT2D eigenvalue weighted by Crippen LogP contribution is 2.34. The van der Waals surface area contributed by atoms with Gasteiger partial charge in [0.05, 0.1) is 17.3 Å². The molecule has 31 heavy (non-hydrogen) atoms. The van der Waals surface area contributed by atoms with Gasteiger partial charge in [0.1, 0.15) is 6.17 Å². The van der Waals surface area contributed by atoms with Gasteiger partial charge in [-0.1, -0.05) is 18.2 Å². The van der Waals surface area contributed by atoms with Crippen LogP contribution >= 0.6 is 0 Å². The number of hydrogen-bond donors (Lipinski definition) is 2. The lowest BCUT2D eigenvalue weighted by Gasteiger charge is -2.33. The molecule has 0 radical (unpaired) electrons. The fraction of sp³-hybridized carbons (Fsp3) is 0.348. The van der Waals surface area contributed by atoms with Crippen LogP contribution in [0.1, 0.15) is 41.4 Å². The predicted octanol–water partition coefficient (Wildman–Crippen LogP) is 4.42. The molecule has 1 fully saturated rings. The number of nitrogens with one attached hydrogen (secondary N) is 1. The van der Waals surface area contributed by atoms with Crippen LogP contribution < -0.4 is 16.0 Å². The number of aryl methyl sites for hydroxylation is 1. The first-order valence-corrected chi connectivity index (χ1v) is 10.2. The highest BCUT2D eigenvalue weighted by molar-refractivity contribution is 5.95. The van der Waals surface area contributed by atoms with Crippen molar-refractivity contribution in [1.82, 2.24) is 10.2 Å². The molecule has 0 spiro atoms. The van der Waals surface area contributed by atoms with Crippen molar-refractivity contribution in [3.63, 3.8) is 0 Å². The van der Waals surface area contributed by atoms with Crippen molar-refractivity contribution in [2.45, 2.75) is 38.8 Å². The number of aromatic nitrogens is 2. The maximum Gasteiger partial charge on any atom is 0.251 e. The summed E-state index contributed by atoms with van der Waals surface area (Å²) in [6.07, 6.45) is -0.891. The number of hydrogen-bond acceptors (Lipinski definition) is 6. The third kappa shape index (κ3) is 4.14. The van der Waals surface area contributed by atoms with Crippen LogP contribution in [0.4, 0.5) is 20.3 Å². The van der Waals surface area contributed by atoms with Gasteiger partial charge in [-0.05, 0) is 43.2 Å². The molecule has 1 aromatic heterocycles. The Hall–Kier alpha value is -3.31. The molecule has 4 rings (SSSR count). The molecule has 1 saturated heterocycles. The minimum Gasteiger partial charge on any atom is -0.371 e. The number of nitriles is 1. The number of benzene rings is 2. The van der Waals surface area contributed by atoms with Crippen LogP contribution in [0.5, 0.6) is 0 Å². The fourth-order valence-corrected chi connectivity index (χ4v) is 4.01. The number of alkyl halides is 2. The quantitative estimate of drug-likeness (QED) is 0.605. The Morgan fingerprint density at radius 1 is 1.13 bits per heavy atom. The lowest BCUT2D eigenvalue weighted by atomic mass is 10.0. The van der Waals surface area contributed by atoms with E-state index >= 15 is 0 Å². The average molecular weight is 422 g/mol. The van der Waals surface area contributed by atoms with Gasteiger partial charge in [-0.3, -0.25) is 0 Å². The van der Waals surface area contributed by atoms with Gasteiger partial charge in [0.2, 0.25) is 0 Å². The molecule has 0 unspecified atom stereocenters. The maximum absolute atomic E-state index is 13.6. The topological polar surface area (TPSA) is 90.9 Å². The number of piperidine rings is 1. The van der Waals surface area contributed by atoms with Crippen molar-refractivity contribution in [2.75, 3.05) is 23.3 Å². The van der Waals surface area contributed by atoms with Crippen molar-refractivity contribution in [2.24, 2.45) is 5.73 Å². The zero-order valence-electron chi connectivity index (χ0n) is 17.5. The molecule has 160 valence electrons. The van der Waals surface area contributed by atoms with Crippen LogP contribution in [0.25, 0.3) is 10.8 Å². The third-order valence-corrected chi connectivity index (χ3v) is 5.93. The van der Waals surface area contributed by atoms with Crippen molar-refractivity contribution in [3.05, 3.63) is 58.8 Å². The summed E-state index contributed by atoms with van der Waals surface area (Å²) in [5.74, 6) is -2.08. The van der Waals surface area contributed by atoms with Gasteiger partial charge in [0, 0.05) is 42.4 Å². The highest BCUT2D eigenvalue weighted by Gasteiger charge is 2.34. The van der Waals surface area contributed by atoms with E-state index in [0.29, 0.717) is 24.5 Å². The largest absolute Gasteiger partial charge is 0.371 e. The number of nitrogens with two attached hydrogens (primary N) is 1. The summed E-state index contributed by atoms with van der Waals surface area (Å²) in [4.78, 5) is 1.97. The van der Waals surface area contributed by atoms with E-state index in [2.05, 4.69) is 21.6 Å². The summed E-state index contributed by atoms with van der Waals surface area (Å²) in [5.41, 5.74) is 10.2. The van der Waals surface area contributed by atoms with E-state index in [1.165, 1.54) is 0 Å². The zero-order valence-corrected chi connectivity index (χ0v) is 17.5. The lowest BCUT2D eigenvalue weighted by Crippen LogP contribution is -2.39. The summed E-state index contributed by atoms with van der Waals surface area (Å²) in [6.45, 7) is 4.34. The molecule has 1 atom stereocenters. The van der Waals surface area contributed by atoms with Gasteiger partial charge in [-0.2, -0.15) is 10.4 Å². The Labute approximate surface area is 179 Å². The second kappa shape index (κ2) is 8.08. The van der Waals surface area contributed by atoms with E-state index in [9.17, 15) is 14.0 Å². The number of anilines is 2. The van der Waals surface area contributed by atoms with Crippen LogP contribution in [0.15, 0.2) is 36.4 Å². The van der Waals surface area contributed by atoms with Crippen LogP contribution in [-0.4, -0.2) is 29.2 Å². The number of rotatable bonds is 4. The van der Waals surface area contributed by atoms with Crippen LogP contribution in [0, 0.1) is 25.2 Å². The molecular formula is C23H24F2N6. The normalized spacial score (nSPS) is 16.7. The molecular weight excluding hydrogens is 398 g/mol. The molecule has 1 aliphatic rings. The maximum atomic E-state index is 13.6. The van der Waals surface area contributed by atoms with Crippen molar-refractivity contribution >= 4 is 22.3 Å². The Balaban J connectivity index is 1.68. The van der Waals surface area contributed by atoms with E-state index in [1.807, 2.05) is 43.0 Å². The average Bonchev–Trinajstić information content (AvgIpc) is 2.75. The molecule has 6 nitrogen and oxygen atoms in total. The molecule has 2 heterocycles. The molecule has 8 heteroatoms. The number of fused-ring (bicyclic) bond motifs is 1. The van der Waals surface area contributed by atoms with Crippen LogP contribution in [0.3, 0.4) is 0 Å². The first-order chi connectivity index (χ1) is 14.8. The summed E-state index contributed by atoms with van der Waals surface area (Å²) >= 11 is 0. The second-order valence-corrected chi connectivity index (χ2v) is 7.96. The van der Waals surface area contributed by atoms with E-state index in [4.69, 9.17) is 5.73 Å². The zero-order chi connectivity index (χ0) is 22.2. The first-order valence-electron chi connectivity index (χ1n) is 10.2. The Bertz CT molecular complexity index is 1160. The van der Waals surface area contributed by atoms with Crippen molar-refractivity contribution < 1.29 is 8.78 Å². The van der Waals surface area contributed by atoms with Gasteiger partial charge in [-0.15, -0.1) is 5.10 Å². The predicted molar refractivity (Wildman–Crippen MR) is 117 cm³/mol. The molecule has 0 saturated carbocycles. The Morgan fingerprint density at radius 3 is 2.58 bits per heavy atom. The molecule has 1 aliphatic heterocycles. The van der Waals surface area contributed by atoms with Gasteiger partial charge in [-0.25, -0.2) is 8.78 Å². The molecule has 2 aromatic carbocycles. The molecule has 0 amide bonds. The van der Waals surface area contributed by atoms with E-state index in [1.54, 1.807) is 12.1 Å². The highest BCUT2D eigenvalue weighted by atomic mass is 19.3. The third-order valence-electron chi connectivity index (χ3n) is 5.93. The second-order valence-electron chi connectivity index (χ2n) is 7.96. The minimum absolute atomic E-state index is 0.150. The smallest absolute Gasteiger partial charge is 0.251 e. The SMILES string of the molecule is Cc1c(C#N)cccc1[C@@H](N)Nc1nnc(C)c2ccc(N3CCC(F)(F)CC3)cc12. The summed E-state index contributed by atoms with van der Waals surface area (Å²) < 4.78 is 27.1. The van der Waals surface area contributed by atoms with Gasteiger partial charge in [0.25, 0.3) is 5.92 Å². The van der Waals surface area contributed by atoms with Crippen LogP contribution in [-0.2, 0) is 0 Å². The van der Waals surface area contributed by atoms with E-state index in [0.717, 1.165) is 33.3 Å². The minimum atomic E-state index is -2.59. The molecule has 0 bridgehead atoms. The summed E-state index contributed by atoms with van der Waals surface area (Å²) in [6, 6.07) is 13.4. The molecule has 3 N–H and O–H groups in total. The first kappa shape index (κ1) is 20.9. The Kier molecular flexibility index (Phi) is 5.46. The fourth-order valence-electron chi connectivity index (χ4n) is 4.01. The molecule has 0 aliphatic carbocycles.